The minimum absolute atomic E-state index is 0.245. The van der Waals surface area contributed by atoms with Crippen molar-refractivity contribution in [1.29, 1.82) is 0 Å². The zero-order valence-electron chi connectivity index (χ0n) is 24.0. The summed E-state index contributed by atoms with van der Waals surface area (Å²) in [6.45, 7) is 18.7. The fourth-order valence-corrected chi connectivity index (χ4v) is 7.52. The van der Waals surface area contributed by atoms with E-state index in [4.69, 9.17) is 6.58 Å². The van der Waals surface area contributed by atoms with E-state index in [1.54, 1.807) is 0 Å². The average molecular weight is 509 g/mol. The molecule has 1 fully saturated rings. The summed E-state index contributed by atoms with van der Waals surface area (Å²) in [6.07, 6.45) is 10.1. The monoisotopic (exact) mass is 508 g/mol. The molecule has 3 aliphatic rings. The Balaban J connectivity index is 1.53. The highest BCUT2D eigenvalue weighted by atomic mass is 14.5. The quantitative estimate of drug-likeness (QED) is 0.311. The SMILES string of the molecule is C=C(CCC)C1=C(C)C=C2C/C(=C\C3=C(C)Cc4ccccc43)C(=C)C2C1c1c(CC)ccc2ccccc12. The molecule has 0 saturated heterocycles. The second-order valence-corrected chi connectivity index (χ2v) is 11.7. The molecular formula is C39H40. The van der Waals surface area contributed by atoms with Crippen molar-refractivity contribution in [2.24, 2.45) is 5.92 Å². The molecule has 0 heteroatoms. The number of benzene rings is 3. The van der Waals surface area contributed by atoms with Crippen LogP contribution in [0.15, 0.2) is 125 Å². The van der Waals surface area contributed by atoms with Gasteiger partial charge in [-0.2, -0.15) is 0 Å². The highest BCUT2D eigenvalue weighted by Gasteiger charge is 2.42. The maximum absolute atomic E-state index is 4.84. The van der Waals surface area contributed by atoms with Crippen LogP contribution in [0.3, 0.4) is 0 Å². The predicted octanol–water partition coefficient (Wildman–Crippen LogP) is 10.6. The zero-order chi connectivity index (χ0) is 27.3. The first-order valence-electron chi connectivity index (χ1n) is 14.7. The van der Waals surface area contributed by atoms with Gasteiger partial charge < -0.3 is 0 Å². The van der Waals surface area contributed by atoms with Crippen LogP contribution in [0.4, 0.5) is 0 Å². The summed E-state index contributed by atoms with van der Waals surface area (Å²) in [5, 5.41) is 2.70. The standard InChI is InChI=1S/C39H40/c1-7-13-24(3)36-26(5)21-32-22-31(23-35-25(4)20-30-15-10-11-16-33(30)35)27(6)37(32)39(36)38-28(8-2)18-19-29-14-9-12-17-34(29)38/h9-12,14-19,21,23,37,39H,3,6-8,13,20,22H2,1-2,4-5H3/b31-23+. The summed E-state index contributed by atoms with van der Waals surface area (Å²) >= 11 is 0. The van der Waals surface area contributed by atoms with Crippen LogP contribution in [-0.4, -0.2) is 0 Å². The van der Waals surface area contributed by atoms with Crippen molar-refractivity contribution in [2.45, 2.75) is 65.7 Å². The summed E-state index contributed by atoms with van der Waals surface area (Å²) < 4.78 is 0. The molecule has 3 aliphatic carbocycles. The van der Waals surface area contributed by atoms with E-state index in [1.165, 1.54) is 77.6 Å². The van der Waals surface area contributed by atoms with Crippen molar-refractivity contribution in [3.63, 3.8) is 0 Å². The lowest BCUT2D eigenvalue weighted by Crippen LogP contribution is -2.22. The van der Waals surface area contributed by atoms with Crippen molar-refractivity contribution in [3.05, 3.63) is 147 Å². The summed E-state index contributed by atoms with van der Waals surface area (Å²) in [7, 11) is 0. The third-order valence-electron chi connectivity index (χ3n) is 9.28. The minimum atomic E-state index is 0.245. The smallest absolute Gasteiger partial charge is 0.0210 e. The van der Waals surface area contributed by atoms with Crippen LogP contribution >= 0.6 is 0 Å². The first-order chi connectivity index (χ1) is 18.9. The number of aryl methyl sites for hydroxylation is 1. The van der Waals surface area contributed by atoms with Gasteiger partial charge >= 0.3 is 0 Å². The highest BCUT2D eigenvalue weighted by molar-refractivity contribution is 5.89. The summed E-state index contributed by atoms with van der Waals surface area (Å²) in [4.78, 5) is 0. The second-order valence-electron chi connectivity index (χ2n) is 11.7. The minimum Gasteiger partial charge on any atom is -0.0955 e. The Hall–Kier alpha value is -3.64. The van der Waals surface area contributed by atoms with Gasteiger partial charge in [0.1, 0.15) is 0 Å². The van der Waals surface area contributed by atoms with Crippen molar-refractivity contribution >= 4 is 16.3 Å². The molecule has 0 bridgehead atoms. The van der Waals surface area contributed by atoms with Gasteiger partial charge in [-0.1, -0.05) is 123 Å². The lowest BCUT2D eigenvalue weighted by Gasteiger charge is -2.36. The number of hydrogen-bond donors (Lipinski definition) is 0. The van der Waals surface area contributed by atoms with Crippen molar-refractivity contribution in [1.82, 2.24) is 0 Å². The van der Waals surface area contributed by atoms with Gasteiger partial charge in [-0.25, -0.2) is 0 Å². The van der Waals surface area contributed by atoms with E-state index in [0.717, 1.165) is 32.1 Å². The molecule has 0 nitrogen and oxygen atoms in total. The molecule has 0 radical (unpaired) electrons. The van der Waals surface area contributed by atoms with Gasteiger partial charge in [0, 0.05) is 11.8 Å². The predicted molar refractivity (Wildman–Crippen MR) is 169 cm³/mol. The molecule has 0 aliphatic heterocycles. The fourth-order valence-electron chi connectivity index (χ4n) is 7.52. The largest absolute Gasteiger partial charge is 0.0955 e. The molecule has 0 N–H and O–H groups in total. The highest BCUT2D eigenvalue weighted by Crippen LogP contribution is 2.57. The van der Waals surface area contributed by atoms with Gasteiger partial charge in [0.25, 0.3) is 0 Å². The molecule has 3 aromatic carbocycles. The van der Waals surface area contributed by atoms with Crippen LogP contribution < -0.4 is 0 Å². The average Bonchev–Trinajstić information content (AvgIpc) is 3.42. The topological polar surface area (TPSA) is 0 Å². The Kier molecular flexibility index (Phi) is 6.67. The van der Waals surface area contributed by atoms with Gasteiger partial charge in [0.05, 0.1) is 0 Å². The van der Waals surface area contributed by atoms with Crippen molar-refractivity contribution < 1.29 is 0 Å². The maximum Gasteiger partial charge on any atom is 0.0210 e. The van der Waals surface area contributed by atoms with Crippen molar-refractivity contribution in [2.75, 3.05) is 0 Å². The first kappa shape index (κ1) is 25.6. The van der Waals surface area contributed by atoms with E-state index in [0.29, 0.717) is 0 Å². The Bertz CT molecular complexity index is 1640. The van der Waals surface area contributed by atoms with E-state index in [9.17, 15) is 0 Å². The van der Waals surface area contributed by atoms with Gasteiger partial charge in [-0.05, 0) is 100 Å². The van der Waals surface area contributed by atoms with E-state index in [1.807, 2.05) is 0 Å². The lowest BCUT2D eigenvalue weighted by atomic mass is 9.67. The molecule has 2 atom stereocenters. The van der Waals surface area contributed by atoms with Gasteiger partial charge in [0.2, 0.25) is 0 Å². The van der Waals surface area contributed by atoms with E-state index in [2.05, 4.69) is 107 Å². The van der Waals surface area contributed by atoms with Gasteiger partial charge in [-0.15, -0.1) is 0 Å². The number of allylic oxidation sites excluding steroid dienone is 10. The molecule has 39 heavy (non-hydrogen) atoms. The number of fused-ring (bicyclic) bond motifs is 3. The zero-order valence-corrected chi connectivity index (χ0v) is 24.0. The van der Waals surface area contributed by atoms with Gasteiger partial charge in [-0.3, -0.25) is 0 Å². The normalized spacial score (nSPS) is 21.6. The van der Waals surface area contributed by atoms with E-state index >= 15 is 0 Å². The number of rotatable bonds is 6. The second kappa shape index (κ2) is 10.2. The summed E-state index contributed by atoms with van der Waals surface area (Å²) in [5.41, 5.74) is 17.0. The van der Waals surface area contributed by atoms with Crippen LogP contribution in [0.5, 0.6) is 0 Å². The Morgan fingerprint density at radius 3 is 2.49 bits per heavy atom. The molecule has 0 amide bonds. The lowest BCUT2D eigenvalue weighted by molar-refractivity contribution is 0.618. The Morgan fingerprint density at radius 1 is 0.923 bits per heavy atom. The molecule has 0 spiro atoms. The van der Waals surface area contributed by atoms with Crippen LogP contribution in [0.1, 0.15) is 75.1 Å². The first-order valence-corrected chi connectivity index (χ1v) is 14.7. The van der Waals surface area contributed by atoms with E-state index < -0.39 is 0 Å². The fraction of sp³-hybridized carbons (Fsp3) is 0.282. The molecule has 196 valence electrons. The van der Waals surface area contributed by atoms with Crippen LogP contribution in [0.2, 0.25) is 0 Å². The molecular weight excluding hydrogens is 468 g/mol. The molecule has 1 saturated carbocycles. The van der Waals surface area contributed by atoms with Crippen LogP contribution in [-0.2, 0) is 12.8 Å². The summed E-state index contributed by atoms with van der Waals surface area (Å²) in [6, 6.07) is 22.5. The third kappa shape index (κ3) is 4.22. The molecule has 6 rings (SSSR count). The molecule has 0 heterocycles. The Labute approximate surface area is 234 Å². The molecule has 3 aromatic rings. The van der Waals surface area contributed by atoms with Gasteiger partial charge in [0.15, 0.2) is 0 Å². The summed E-state index contributed by atoms with van der Waals surface area (Å²) in [5.74, 6) is 0.520. The maximum atomic E-state index is 4.84. The van der Waals surface area contributed by atoms with Crippen LogP contribution in [0.25, 0.3) is 16.3 Å². The molecule has 0 aromatic heterocycles. The van der Waals surface area contributed by atoms with Crippen LogP contribution in [0, 0.1) is 5.92 Å². The number of hydrogen-bond acceptors (Lipinski definition) is 0. The van der Waals surface area contributed by atoms with E-state index in [-0.39, 0.29) is 11.8 Å². The van der Waals surface area contributed by atoms with Crippen molar-refractivity contribution in [3.8, 4) is 0 Å². The Morgan fingerprint density at radius 2 is 1.69 bits per heavy atom. The molecule has 2 unspecified atom stereocenters. The third-order valence-corrected chi connectivity index (χ3v) is 9.28.